The SMILES string of the molecule is CC(Cl)c1nnc(C2CC2C)o1. The molecule has 1 aliphatic rings. The summed E-state index contributed by atoms with van der Waals surface area (Å²) in [7, 11) is 0. The van der Waals surface area contributed by atoms with E-state index >= 15 is 0 Å². The molecular weight excluding hydrogens is 176 g/mol. The molecule has 1 aromatic heterocycles. The van der Waals surface area contributed by atoms with E-state index in [9.17, 15) is 0 Å². The van der Waals surface area contributed by atoms with Gasteiger partial charge in [-0.1, -0.05) is 6.92 Å². The zero-order chi connectivity index (χ0) is 8.72. The molecule has 0 aliphatic heterocycles. The lowest BCUT2D eigenvalue weighted by molar-refractivity contribution is 0.447. The van der Waals surface area contributed by atoms with Crippen molar-refractivity contribution in [3.63, 3.8) is 0 Å². The average Bonchev–Trinajstić information content (AvgIpc) is 2.59. The molecule has 2 rings (SSSR count). The molecule has 0 spiro atoms. The van der Waals surface area contributed by atoms with E-state index < -0.39 is 0 Å². The van der Waals surface area contributed by atoms with Crippen molar-refractivity contribution in [3.8, 4) is 0 Å². The second-order valence-electron chi connectivity index (χ2n) is 3.41. The Bertz CT molecular complexity index is 284. The van der Waals surface area contributed by atoms with Crippen molar-refractivity contribution in [2.24, 2.45) is 5.92 Å². The van der Waals surface area contributed by atoms with Crippen LogP contribution in [0.1, 0.15) is 43.3 Å². The number of alkyl halides is 1. The van der Waals surface area contributed by atoms with Crippen molar-refractivity contribution in [2.45, 2.75) is 31.6 Å². The van der Waals surface area contributed by atoms with Gasteiger partial charge in [0.25, 0.3) is 0 Å². The molecule has 66 valence electrons. The first kappa shape index (κ1) is 8.05. The molecule has 12 heavy (non-hydrogen) atoms. The van der Waals surface area contributed by atoms with Crippen LogP contribution in [-0.4, -0.2) is 10.2 Å². The van der Waals surface area contributed by atoms with Gasteiger partial charge in [0.15, 0.2) is 0 Å². The number of halogens is 1. The number of rotatable bonds is 2. The number of hydrogen-bond donors (Lipinski definition) is 0. The van der Waals surface area contributed by atoms with Crippen LogP contribution in [0.3, 0.4) is 0 Å². The predicted molar refractivity (Wildman–Crippen MR) is 45.1 cm³/mol. The molecule has 0 radical (unpaired) electrons. The fourth-order valence-electron chi connectivity index (χ4n) is 1.22. The minimum atomic E-state index is -0.180. The van der Waals surface area contributed by atoms with Crippen molar-refractivity contribution in [3.05, 3.63) is 11.8 Å². The van der Waals surface area contributed by atoms with Crippen molar-refractivity contribution >= 4 is 11.6 Å². The number of nitrogens with zero attached hydrogens (tertiary/aromatic N) is 2. The van der Waals surface area contributed by atoms with Gasteiger partial charge in [-0.15, -0.1) is 21.8 Å². The van der Waals surface area contributed by atoms with Gasteiger partial charge in [-0.05, 0) is 19.3 Å². The lowest BCUT2D eigenvalue weighted by Gasteiger charge is -1.91. The quantitative estimate of drug-likeness (QED) is 0.667. The molecule has 1 saturated carbocycles. The van der Waals surface area contributed by atoms with Crippen molar-refractivity contribution in [1.82, 2.24) is 10.2 Å². The summed E-state index contributed by atoms with van der Waals surface area (Å²) in [6.07, 6.45) is 1.16. The largest absolute Gasteiger partial charge is 0.423 e. The summed E-state index contributed by atoms with van der Waals surface area (Å²) in [5, 5.41) is 7.63. The smallest absolute Gasteiger partial charge is 0.234 e. The summed E-state index contributed by atoms with van der Waals surface area (Å²) in [6.45, 7) is 4.01. The highest BCUT2D eigenvalue weighted by atomic mass is 35.5. The van der Waals surface area contributed by atoms with E-state index in [0.717, 1.165) is 12.3 Å². The summed E-state index contributed by atoms with van der Waals surface area (Å²) in [5.41, 5.74) is 0. The van der Waals surface area contributed by atoms with Gasteiger partial charge in [0.05, 0.1) is 0 Å². The Morgan fingerprint density at radius 2 is 2.25 bits per heavy atom. The molecule has 3 nitrogen and oxygen atoms in total. The second kappa shape index (κ2) is 2.73. The molecule has 4 heteroatoms. The Hall–Kier alpha value is -0.570. The highest BCUT2D eigenvalue weighted by Crippen LogP contribution is 2.46. The van der Waals surface area contributed by atoms with E-state index in [4.69, 9.17) is 16.0 Å². The molecule has 1 heterocycles. The van der Waals surface area contributed by atoms with E-state index in [1.54, 1.807) is 0 Å². The van der Waals surface area contributed by atoms with Gasteiger partial charge in [0.1, 0.15) is 5.38 Å². The van der Waals surface area contributed by atoms with Crippen LogP contribution < -0.4 is 0 Å². The maximum Gasteiger partial charge on any atom is 0.234 e. The summed E-state index contributed by atoms with van der Waals surface area (Å²) >= 11 is 5.78. The molecule has 1 aliphatic carbocycles. The topological polar surface area (TPSA) is 38.9 Å². The first-order chi connectivity index (χ1) is 5.68. The molecule has 0 saturated heterocycles. The summed E-state index contributed by atoms with van der Waals surface area (Å²) in [6, 6.07) is 0. The fraction of sp³-hybridized carbons (Fsp3) is 0.750. The van der Waals surface area contributed by atoms with Gasteiger partial charge in [0, 0.05) is 5.92 Å². The predicted octanol–water partition coefficient (Wildman–Crippen LogP) is 2.49. The summed E-state index contributed by atoms with van der Waals surface area (Å²) in [5.74, 6) is 2.47. The number of aromatic nitrogens is 2. The Balaban J connectivity index is 2.14. The Morgan fingerprint density at radius 3 is 2.67 bits per heavy atom. The van der Waals surface area contributed by atoms with E-state index in [-0.39, 0.29) is 5.38 Å². The Kier molecular flexibility index (Phi) is 1.83. The third-order valence-corrected chi connectivity index (χ3v) is 2.41. The lowest BCUT2D eigenvalue weighted by Crippen LogP contribution is -1.81. The highest BCUT2D eigenvalue weighted by Gasteiger charge is 2.38. The fourth-order valence-corrected chi connectivity index (χ4v) is 1.31. The average molecular weight is 187 g/mol. The van der Waals surface area contributed by atoms with Gasteiger partial charge < -0.3 is 4.42 Å². The molecule has 3 unspecified atom stereocenters. The van der Waals surface area contributed by atoms with Crippen LogP contribution in [0, 0.1) is 5.92 Å². The van der Waals surface area contributed by atoms with Crippen LogP contribution in [0.5, 0.6) is 0 Å². The molecule has 1 fully saturated rings. The van der Waals surface area contributed by atoms with Crippen molar-refractivity contribution < 1.29 is 4.42 Å². The Labute approximate surface area is 76.1 Å². The highest BCUT2D eigenvalue weighted by molar-refractivity contribution is 6.20. The van der Waals surface area contributed by atoms with Crippen LogP contribution in [0.15, 0.2) is 4.42 Å². The molecule has 0 N–H and O–H groups in total. The molecule has 1 aromatic rings. The maximum atomic E-state index is 5.78. The standard InChI is InChI=1S/C8H11ClN2O/c1-4-3-6(4)8-11-10-7(12-8)5(2)9/h4-6H,3H2,1-2H3. The summed E-state index contributed by atoms with van der Waals surface area (Å²) < 4.78 is 5.39. The zero-order valence-corrected chi connectivity index (χ0v) is 7.88. The van der Waals surface area contributed by atoms with Gasteiger partial charge in [-0.3, -0.25) is 0 Å². The van der Waals surface area contributed by atoms with Crippen LogP contribution in [0.25, 0.3) is 0 Å². The van der Waals surface area contributed by atoms with Crippen LogP contribution >= 0.6 is 11.6 Å². The molecule has 0 bridgehead atoms. The van der Waals surface area contributed by atoms with E-state index in [0.29, 0.717) is 17.7 Å². The number of hydrogen-bond acceptors (Lipinski definition) is 3. The van der Waals surface area contributed by atoms with Gasteiger partial charge >= 0.3 is 0 Å². The molecule has 0 aromatic carbocycles. The van der Waals surface area contributed by atoms with E-state index in [1.165, 1.54) is 0 Å². The molecular formula is C8H11ClN2O. The third-order valence-electron chi connectivity index (χ3n) is 2.22. The van der Waals surface area contributed by atoms with E-state index in [2.05, 4.69) is 17.1 Å². The van der Waals surface area contributed by atoms with Crippen LogP contribution in [0.2, 0.25) is 0 Å². The van der Waals surface area contributed by atoms with Crippen molar-refractivity contribution in [1.29, 1.82) is 0 Å². The third kappa shape index (κ3) is 1.33. The minimum absolute atomic E-state index is 0.180. The second-order valence-corrected chi connectivity index (χ2v) is 4.07. The van der Waals surface area contributed by atoms with Crippen LogP contribution in [-0.2, 0) is 0 Å². The van der Waals surface area contributed by atoms with Gasteiger partial charge in [0.2, 0.25) is 11.8 Å². The summed E-state index contributed by atoms with van der Waals surface area (Å²) in [4.78, 5) is 0. The van der Waals surface area contributed by atoms with Crippen molar-refractivity contribution in [2.75, 3.05) is 0 Å². The zero-order valence-electron chi connectivity index (χ0n) is 7.12. The molecule has 0 amide bonds. The normalized spacial score (nSPS) is 30.2. The Morgan fingerprint density at radius 1 is 1.58 bits per heavy atom. The first-order valence-corrected chi connectivity index (χ1v) is 4.59. The van der Waals surface area contributed by atoms with E-state index in [1.807, 2.05) is 6.92 Å². The van der Waals surface area contributed by atoms with Gasteiger partial charge in [-0.2, -0.15) is 0 Å². The minimum Gasteiger partial charge on any atom is -0.423 e. The maximum absolute atomic E-state index is 5.78. The van der Waals surface area contributed by atoms with Gasteiger partial charge in [-0.25, -0.2) is 0 Å². The lowest BCUT2D eigenvalue weighted by atomic mass is 10.3. The molecule has 3 atom stereocenters. The first-order valence-electron chi connectivity index (χ1n) is 4.16. The van der Waals surface area contributed by atoms with Crippen LogP contribution in [0.4, 0.5) is 0 Å². The monoisotopic (exact) mass is 186 g/mol.